The molecule has 4 nitrogen and oxygen atoms in total. The molecule has 5 heteroatoms. The van der Waals surface area contributed by atoms with Gasteiger partial charge in [-0.3, -0.25) is 4.79 Å². The minimum absolute atomic E-state index is 0.221. The van der Waals surface area contributed by atoms with Crippen molar-refractivity contribution in [1.29, 1.82) is 0 Å². The molecule has 1 aromatic heterocycles. The third-order valence-corrected chi connectivity index (χ3v) is 3.03. The predicted molar refractivity (Wildman–Crippen MR) is 78.1 cm³/mol. The van der Waals surface area contributed by atoms with E-state index < -0.39 is 0 Å². The molecule has 0 N–H and O–H groups in total. The van der Waals surface area contributed by atoms with Gasteiger partial charge in [0, 0.05) is 11.1 Å². The first-order chi connectivity index (χ1) is 10.7. The van der Waals surface area contributed by atoms with E-state index >= 15 is 0 Å². The Morgan fingerprint density at radius 1 is 1.18 bits per heavy atom. The summed E-state index contributed by atoms with van der Waals surface area (Å²) in [5.41, 5.74) is 1.75. The van der Waals surface area contributed by atoms with Crippen molar-refractivity contribution >= 4 is 6.29 Å². The van der Waals surface area contributed by atoms with Crippen molar-refractivity contribution in [2.45, 2.75) is 6.61 Å². The number of carbonyl (C=O) groups excluding carboxylic acids is 1. The fourth-order valence-corrected chi connectivity index (χ4v) is 1.93. The number of aldehydes is 1. The van der Waals surface area contributed by atoms with Crippen LogP contribution in [0.15, 0.2) is 59.2 Å². The average Bonchev–Trinajstić information content (AvgIpc) is 3.02. The molecule has 0 aliphatic carbocycles. The number of aromatic nitrogens is 1. The van der Waals surface area contributed by atoms with E-state index in [1.54, 1.807) is 36.4 Å². The molecule has 0 spiro atoms. The molecule has 3 aromatic rings. The number of hydrogen-bond donors (Lipinski definition) is 0. The highest BCUT2D eigenvalue weighted by Crippen LogP contribution is 2.20. The number of ether oxygens (including phenoxy) is 1. The molecule has 0 amide bonds. The number of hydrogen-bond acceptors (Lipinski definition) is 4. The number of benzene rings is 2. The van der Waals surface area contributed by atoms with Crippen LogP contribution in [-0.2, 0) is 6.61 Å². The number of halogens is 1. The van der Waals surface area contributed by atoms with Crippen LogP contribution in [0.25, 0.3) is 11.5 Å². The van der Waals surface area contributed by atoms with Gasteiger partial charge in [-0.2, -0.15) is 0 Å². The first-order valence-corrected chi connectivity index (χ1v) is 6.63. The minimum atomic E-state index is -0.344. The highest BCUT2D eigenvalue weighted by Gasteiger charge is 2.08. The van der Waals surface area contributed by atoms with Crippen molar-refractivity contribution in [2.75, 3.05) is 0 Å². The third kappa shape index (κ3) is 3.20. The molecule has 2 aromatic carbocycles. The van der Waals surface area contributed by atoms with Crippen molar-refractivity contribution in [1.82, 2.24) is 4.98 Å². The summed E-state index contributed by atoms with van der Waals surface area (Å²) in [6.45, 7) is 0.221. The topological polar surface area (TPSA) is 52.3 Å². The maximum absolute atomic E-state index is 13.2. The van der Waals surface area contributed by atoms with Crippen LogP contribution in [0.4, 0.5) is 4.39 Å². The summed E-state index contributed by atoms with van der Waals surface area (Å²) in [6, 6.07) is 12.8. The number of rotatable bonds is 5. The second-order valence-electron chi connectivity index (χ2n) is 4.63. The van der Waals surface area contributed by atoms with Crippen molar-refractivity contribution in [3.63, 3.8) is 0 Å². The Bertz CT molecular complexity index is 781. The van der Waals surface area contributed by atoms with Crippen molar-refractivity contribution < 1.29 is 18.3 Å². The van der Waals surface area contributed by atoms with Crippen LogP contribution in [0.3, 0.4) is 0 Å². The quantitative estimate of drug-likeness (QED) is 0.671. The summed E-state index contributed by atoms with van der Waals surface area (Å²) < 4.78 is 24.1. The van der Waals surface area contributed by atoms with E-state index in [2.05, 4.69) is 4.98 Å². The monoisotopic (exact) mass is 297 g/mol. The Balaban J connectivity index is 1.67. The summed E-state index contributed by atoms with van der Waals surface area (Å²) in [7, 11) is 0. The summed E-state index contributed by atoms with van der Waals surface area (Å²) in [5.74, 6) is 0.624. The molecule has 0 radical (unpaired) electrons. The minimum Gasteiger partial charge on any atom is -0.487 e. The fourth-order valence-electron chi connectivity index (χ4n) is 1.93. The van der Waals surface area contributed by atoms with Crippen LogP contribution in [-0.4, -0.2) is 11.3 Å². The zero-order valence-electron chi connectivity index (χ0n) is 11.5. The largest absolute Gasteiger partial charge is 0.487 e. The van der Waals surface area contributed by atoms with Gasteiger partial charge in [0.1, 0.15) is 36.4 Å². The molecule has 0 saturated heterocycles. The first kappa shape index (κ1) is 14.0. The summed E-state index contributed by atoms with van der Waals surface area (Å²) in [5, 5.41) is 0. The van der Waals surface area contributed by atoms with Crippen LogP contribution < -0.4 is 4.74 Å². The van der Waals surface area contributed by atoms with E-state index in [9.17, 15) is 9.18 Å². The van der Waals surface area contributed by atoms with Gasteiger partial charge in [0.05, 0.1) is 0 Å². The Morgan fingerprint density at radius 2 is 2.00 bits per heavy atom. The molecule has 22 heavy (non-hydrogen) atoms. The molecule has 0 aliphatic heterocycles. The van der Waals surface area contributed by atoms with Gasteiger partial charge in [-0.05, 0) is 42.5 Å². The molecule has 0 bridgehead atoms. The fraction of sp³-hybridized carbons (Fsp3) is 0.0588. The molecule has 110 valence electrons. The molecular formula is C17H12FNO3. The Hall–Kier alpha value is -2.95. The number of nitrogens with zero attached hydrogens (tertiary/aromatic N) is 1. The normalized spacial score (nSPS) is 10.4. The molecule has 0 saturated carbocycles. The van der Waals surface area contributed by atoms with E-state index in [0.717, 1.165) is 6.29 Å². The van der Waals surface area contributed by atoms with Gasteiger partial charge < -0.3 is 9.15 Å². The van der Waals surface area contributed by atoms with Gasteiger partial charge in [0.15, 0.2) is 0 Å². The third-order valence-electron chi connectivity index (χ3n) is 3.03. The molecule has 1 heterocycles. The molecule has 0 fully saturated rings. The lowest BCUT2D eigenvalue weighted by molar-refractivity contribution is 0.112. The highest BCUT2D eigenvalue weighted by molar-refractivity contribution is 5.74. The van der Waals surface area contributed by atoms with Crippen LogP contribution in [0.5, 0.6) is 5.75 Å². The van der Waals surface area contributed by atoms with Gasteiger partial charge in [-0.1, -0.05) is 6.07 Å². The van der Waals surface area contributed by atoms with Crippen LogP contribution >= 0.6 is 0 Å². The molecule has 3 rings (SSSR count). The van der Waals surface area contributed by atoms with E-state index in [0.29, 0.717) is 28.5 Å². The highest BCUT2D eigenvalue weighted by atomic mass is 19.1. The summed E-state index contributed by atoms with van der Waals surface area (Å²) in [6.07, 6.45) is 2.24. The van der Waals surface area contributed by atoms with Crippen LogP contribution in [0.2, 0.25) is 0 Å². The Labute approximate surface area is 126 Å². The van der Waals surface area contributed by atoms with Crippen LogP contribution in [0, 0.1) is 5.82 Å². The van der Waals surface area contributed by atoms with E-state index in [1.807, 2.05) is 0 Å². The lowest BCUT2D eigenvalue weighted by atomic mass is 10.2. The SMILES string of the molecule is O=Cc1ccc(OCc2coc(-c3cccc(F)c3)n2)cc1. The second-order valence-corrected chi connectivity index (χ2v) is 4.63. The predicted octanol–water partition coefficient (Wildman–Crippen LogP) is 3.87. The Kier molecular flexibility index (Phi) is 3.96. The van der Waals surface area contributed by atoms with E-state index in [4.69, 9.17) is 9.15 Å². The van der Waals surface area contributed by atoms with Crippen molar-refractivity contribution in [3.8, 4) is 17.2 Å². The average molecular weight is 297 g/mol. The molecule has 0 aliphatic rings. The molecule has 0 atom stereocenters. The molecule has 0 unspecified atom stereocenters. The van der Waals surface area contributed by atoms with Gasteiger partial charge in [-0.25, -0.2) is 9.37 Å². The number of oxazole rings is 1. The van der Waals surface area contributed by atoms with Crippen LogP contribution in [0.1, 0.15) is 16.1 Å². The lowest BCUT2D eigenvalue weighted by Crippen LogP contribution is -1.96. The van der Waals surface area contributed by atoms with Crippen molar-refractivity contribution in [2.24, 2.45) is 0 Å². The van der Waals surface area contributed by atoms with Gasteiger partial charge >= 0.3 is 0 Å². The zero-order chi connectivity index (χ0) is 15.4. The summed E-state index contributed by atoms with van der Waals surface area (Å²) in [4.78, 5) is 14.8. The second kappa shape index (κ2) is 6.22. The van der Waals surface area contributed by atoms with Gasteiger partial charge in [0.2, 0.25) is 5.89 Å². The summed E-state index contributed by atoms with van der Waals surface area (Å²) >= 11 is 0. The smallest absolute Gasteiger partial charge is 0.226 e. The number of carbonyl (C=O) groups is 1. The maximum Gasteiger partial charge on any atom is 0.226 e. The van der Waals surface area contributed by atoms with E-state index in [-0.39, 0.29) is 12.4 Å². The Morgan fingerprint density at radius 3 is 2.73 bits per heavy atom. The van der Waals surface area contributed by atoms with Gasteiger partial charge in [-0.15, -0.1) is 0 Å². The zero-order valence-corrected chi connectivity index (χ0v) is 11.5. The molecular weight excluding hydrogens is 285 g/mol. The van der Waals surface area contributed by atoms with E-state index in [1.165, 1.54) is 18.4 Å². The maximum atomic E-state index is 13.2. The van der Waals surface area contributed by atoms with Crippen molar-refractivity contribution in [3.05, 3.63) is 71.9 Å². The van der Waals surface area contributed by atoms with Gasteiger partial charge in [0.25, 0.3) is 0 Å². The standard InChI is InChI=1S/C17H12FNO3/c18-14-3-1-2-13(8-14)17-19-15(11-22-17)10-21-16-6-4-12(9-20)5-7-16/h1-9,11H,10H2. The first-order valence-electron chi connectivity index (χ1n) is 6.63. The lowest BCUT2D eigenvalue weighted by Gasteiger charge is -2.03.